The van der Waals surface area contributed by atoms with Crippen LogP contribution in [0.4, 0.5) is 17.6 Å². The molecule has 0 bridgehead atoms. The molecule has 0 saturated carbocycles. The minimum Gasteiger partial charge on any atom is -0.478 e. The average Bonchev–Trinajstić information content (AvgIpc) is 2.27. The van der Waals surface area contributed by atoms with E-state index in [2.05, 4.69) is 4.74 Å². The highest BCUT2D eigenvalue weighted by Crippen LogP contribution is 2.17. The summed E-state index contributed by atoms with van der Waals surface area (Å²) < 4.78 is 63.1. The summed E-state index contributed by atoms with van der Waals surface area (Å²) in [5, 5.41) is 8.64. The van der Waals surface area contributed by atoms with E-state index < -0.39 is 46.9 Å². The van der Waals surface area contributed by atoms with Gasteiger partial charge in [0.25, 0.3) is 0 Å². The van der Waals surface area contributed by atoms with Gasteiger partial charge in [0.1, 0.15) is 5.82 Å². The largest absolute Gasteiger partial charge is 0.522 e. The normalized spacial score (nSPS) is 13.3. The molecule has 0 aromatic heterocycles. The van der Waals surface area contributed by atoms with Crippen LogP contribution in [0.5, 0.6) is 0 Å². The molecule has 0 spiro atoms. The molecule has 0 amide bonds. The van der Waals surface area contributed by atoms with E-state index in [0.29, 0.717) is 0 Å². The maximum Gasteiger partial charge on any atom is 0.522 e. The molecule has 1 N–H and O–H groups in total. The Kier molecular flexibility index (Phi) is 5.01. The van der Waals surface area contributed by atoms with Crippen LogP contribution < -0.4 is 0 Å². The molecule has 106 valence electrons. The molecular weight excluding hydrogens is 292 g/mol. The fraction of sp³-hybridized carbons (Fsp3) is 0.300. The summed E-state index contributed by atoms with van der Waals surface area (Å²) >= 11 is 0. The zero-order valence-electron chi connectivity index (χ0n) is 9.24. The number of benzene rings is 1. The molecule has 1 unspecified atom stereocenters. The maximum atomic E-state index is 13.0. The molecule has 19 heavy (non-hydrogen) atoms. The van der Waals surface area contributed by atoms with Gasteiger partial charge in [-0.25, -0.2) is 9.18 Å². The highest BCUT2D eigenvalue weighted by atomic mass is 32.2. The zero-order chi connectivity index (χ0) is 14.6. The van der Waals surface area contributed by atoms with E-state index in [0.717, 1.165) is 18.2 Å². The van der Waals surface area contributed by atoms with E-state index in [1.54, 1.807) is 0 Å². The molecule has 0 aliphatic carbocycles. The Morgan fingerprint density at radius 2 is 2.00 bits per heavy atom. The van der Waals surface area contributed by atoms with Crippen LogP contribution in [0.2, 0.25) is 0 Å². The van der Waals surface area contributed by atoms with Crippen LogP contribution >= 0.6 is 0 Å². The molecule has 1 atom stereocenters. The third kappa shape index (κ3) is 4.95. The molecule has 0 aliphatic heterocycles. The summed E-state index contributed by atoms with van der Waals surface area (Å²) in [7, 11) is -1.91. The first-order valence-corrected chi connectivity index (χ1v) is 6.14. The van der Waals surface area contributed by atoms with Gasteiger partial charge in [0.05, 0.1) is 28.7 Å². The first-order chi connectivity index (χ1) is 8.70. The van der Waals surface area contributed by atoms with E-state index in [1.807, 2.05) is 0 Å². The standard InChI is InChI=1S/C10H8F4O4S/c11-8-2-1-6(5-7(8)9(15)16)19(17)4-3-18-10(12,13)14/h1-2,5H,3-4H2,(H,15,16). The van der Waals surface area contributed by atoms with Crippen molar-refractivity contribution in [1.82, 2.24) is 0 Å². The van der Waals surface area contributed by atoms with Gasteiger partial charge in [-0.1, -0.05) is 0 Å². The lowest BCUT2D eigenvalue weighted by Crippen LogP contribution is -2.18. The average molecular weight is 300 g/mol. The molecule has 4 nitrogen and oxygen atoms in total. The number of carboxylic acid groups (broad SMARTS) is 1. The second kappa shape index (κ2) is 6.11. The number of carboxylic acids is 1. The summed E-state index contributed by atoms with van der Waals surface area (Å²) in [6.45, 7) is -0.837. The van der Waals surface area contributed by atoms with Crippen molar-refractivity contribution in [2.24, 2.45) is 0 Å². The molecule has 0 aliphatic rings. The minimum atomic E-state index is -4.82. The first-order valence-electron chi connectivity index (χ1n) is 4.82. The van der Waals surface area contributed by atoms with Crippen molar-refractivity contribution in [3.63, 3.8) is 0 Å². The number of aromatic carboxylic acids is 1. The fourth-order valence-corrected chi connectivity index (χ4v) is 2.10. The van der Waals surface area contributed by atoms with E-state index >= 15 is 0 Å². The lowest BCUT2D eigenvalue weighted by atomic mass is 10.2. The molecule has 0 radical (unpaired) electrons. The zero-order valence-corrected chi connectivity index (χ0v) is 10.1. The highest BCUT2D eigenvalue weighted by molar-refractivity contribution is 7.85. The van der Waals surface area contributed by atoms with Crippen LogP contribution in [0.25, 0.3) is 0 Å². The van der Waals surface area contributed by atoms with Gasteiger partial charge in [-0.15, -0.1) is 13.2 Å². The van der Waals surface area contributed by atoms with Crippen molar-refractivity contribution in [1.29, 1.82) is 0 Å². The Bertz CT molecular complexity index is 501. The van der Waals surface area contributed by atoms with Gasteiger partial charge in [-0.2, -0.15) is 0 Å². The van der Waals surface area contributed by atoms with Gasteiger partial charge in [0.2, 0.25) is 0 Å². The van der Waals surface area contributed by atoms with Crippen LogP contribution in [-0.2, 0) is 15.5 Å². The minimum absolute atomic E-state index is 0.0791. The van der Waals surface area contributed by atoms with E-state index in [-0.39, 0.29) is 4.90 Å². The monoisotopic (exact) mass is 300 g/mol. The van der Waals surface area contributed by atoms with Crippen molar-refractivity contribution in [3.8, 4) is 0 Å². The molecular formula is C10H8F4O4S. The number of ether oxygens (including phenoxy) is 1. The Morgan fingerprint density at radius 3 is 2.53 bits per heavy atom. The number of halogens is 4. The SMILES string of the molecule is O=C(O)c1cc(S(=O)CCOC(F)(F)F)ccc1F. The lowest BCUT2D eigenvalue weighted by molar-refractivity contribution is -0.322. The smallest absolute Gasteiger partial charge is 0.478 e. The number of rotatable bonds is 5. The van der Waals surface area contributed by atoms with Crippen molar-refractivity contribution < 1.29 is 36.4 Å². The second-order valence-electron chi connectivity index (χ2n) is 3.29. The van der Waals surface area contributed by atoms with E-state index in [1.165, 1.54) is 0 Å². The summed E-state index contributed by atoms with van der Waals surface area (Å²) in [5.41, 5.74) is -0.692. The summed E-state index contributed by atoms with van der Waals surface area (Å²) in [5.74, 6) is -3.05. The fourth-order valence-electron chi connectivity index (χ4n) is 1.16. The predicted octanol–water partition coefficient (Wildman–Crippen LogP) is 2.17. The number of hydrogen-bond acceptors (Lipinski definition) is 3. The first kappa shape index (κ1) is 15.6. The second-order valence-corrected chi connectivity index (χ2v) is 4.86. The van der Waals surface area contributed by atoms with Crippen molar-refractivity contribution in [2.75, 3.05) is 12.4 Å². The van der Waals surface area contributed by atoms with Gasteiger partial charge in [-0.3, -0.25) is 8.95 Å². The van der Waals surface area contributed by atoms with Gasteiger partial charge >= 0.3 is 12.3 Å². The summed E-state index contributed by atoms with van der Waals surface area (Å²) in [4.78, 5) is 10.6. The topological polar surface area (TPSA) is 63.6 Å². The van der Waals surface area contributed by atoms with Crippen LogP contribution in [0.1, 0.15) is 10.4 Å². The Hall–Kier alpha value is -1.48. The maximum absolute atomic E-state index is 13.0. The van der Waals surface area contributed by atoms with Crippen molar-refractivity contribution >= 4 is 16.8 Å². The molecule has 1 rings (SSSR count). The number of carbonyl (C=O) groups is 1. The van der Waals surface area contributed by atoms with Gasteiger partial charge in [0, 0.05) is 4.90 Å². The third-order valence-corrected chi connectivity index (χ3v) is 3.28. The van der Waals surface area contributed by atoms with Crippen molar-refractivity contribution in [3.05, 3.63) is 29.6 Å². The van der Waals surface area contributed by atoms with Crippen LogP contribution in [0, 0.1) is 5.82 Å². The quantitative estimate of drug-likeness (QED) is 0.846. The third-order valence-electron chi connectivity index (χ3n) is 1.97. The molecule has 9 heteroatoms. The van der Waals surface area contributed by atoms with Gasteiger partial charge in [-0.05, 0) is 18.2 Å². The van der Waals surface area contributed by atoms with Crippen molar-refractivity contribution in [2.45, 2.75) is 11.3 Å². The summed E-state index contributed by atoms with van der Waals surface area (Å²) in [6.07, 6.45) is -4.82. The van der Waals surface area contributed by atoms with Crippen LogP contribution in [-0.4, -0.2) is 34.0 Å². The highest BCUT2D eigenvalue weighted by Gasteiger charge is 2.29. The lowest BCUT2D eigenvalue weighted by Gasteiger charge is -2.07. The summed E-state index contributed by atoms with van der Waals surface area (Å²) in [6, 6.07) is 2.66. The van der Waals surface area contributed by atoms with Crippen LogP contribution in [0.15, 0.2) is 23.1 Å². The number of hydrogen-bond donors (Lipinski definition) is 1. The van der Waals surface area contributed by atoms with Gasteiger partial charge in [0.15, 0.2) is 0 Å². The molecule has 1 aromatic rings. The Labute approximate surface area is 107 Å². The molecule has 0 saturated heterocycles. The predicted molar refractivity (Wildman–Crippen MR) is 56.6 cm³/mol. The van der Waals surface area contributed by atoms with E-state index in [9.17, 15) is 26.6 Å². The Morgan fingerprint density at radius 1 is 1.37 bits per heavy atom. The number of alkyl halides is 3. The van der Waals surface area contributed by atoms with E-state index in [4.69, 9.17) is 5.11 Å². The molecule has 1 aromatic carbocycles. The van der Waals surface area contributed by atoms with Gasteiger partial charge < -0.3 is 5.11 Å². The van der Waals surface area contributed by atoms with Crippen LogP contribution in [0.3, 0.4) is 0 Å². The molecule has 0 fully saturated rings. The molecule has 0 heterocycles. The Balaban J connectivity index is 2.73.